The average Bonchev–Trinajstić information content (AvgIpc) is 3.10. The number of nitrogens with one attached hydrogen (secondary N) is 1. The van der Waals surface area contributed by atoms with Crippen molar-refractivity contribution in [2.75, 3.05) is 13.2 Å². The number of aliphatic hydroxyl groups excluding tert-OH is 6. The fraction of sp³-hybridized carbons (Fsp3) is 0.974. The number of hydrogen-bond donors (Lipinski definition) is 7. The SMILES string of the molecule is CCCCCCCCCCCCCCCCCC(O)C(COC1OC(CO)C(O)C(O)C1O)NC(=O)C(O)CCCCCCCCCCC. The smallest absolute Gasteiger partial charge is 0.249 e. The van der Waals surface area contributed by atoms with Crippen molar-refractivity contribution in [2.45, 2.75) is 230 Å². The summed E-state index contributed by atoms with van der Waals surface area (Å²) in [6.07, 6.45) is 20.2. The van der Waals surface area contributed by atoms with E-state index >= 15 is 0 Å². The Hall–Kier alpha value is -0.850. The highest BCUT2D eigenvalue weighted by atomic mass is 16.7. The first-order valence-corrected chi connectivity index (χ1v) is 20.3. The van der Waals surface area contributed by atoms with Gasteiger partial charge < -0.3 is 45.4 Å². The fourth-order valence-corrected chi connectivity index (χ4v) is 6.64. The number of ether oxygens (including phenoxy) is 2. The summed E-state index contributed by atoms with van der Waals surface area (Å²) in [4.78, 5) is 12.9. The zero-order chi connectivity index (χ0) is 36.1. The molecule has 1 fully saturated rings. The second-order valence-corrected chi connectivity index (χ2v) is 14.6. The van der Waals surface area contributed by atoms with E-state index in [0.29, 0.717) is 12.8 Å². The third-order valence-electron chi connectivity index (χ3n) is 10.1. The number of carbonyl (C=O) groups is 1. The quantitative estimate of drug-likeness (QED) is 0.0394. The molecule has 292 valence electrons. The lowest BCUT2D eigenvalue weighted by molar-refractivity contribution is -0.302. The number of hydrogen-bond acceptors (Lipinski definition) is 9. The molecule has 0 saturated carbocycles. The first-order valence-electron chi connectivity index (χ1n) is 20.3. The predicted molar refractivity (Wildman–Crippen MR) is 195 cm³/mol. The van der Waals surface area contributed by atoms with E-state index in [-0.39, 0.29) is 6.61 Å². The maximum absolute atomic E-state index is 12.9. The molecule has 10 heteroatoms. The van der Waals surface area contributed by atoms with E-state index in [0.717, 1.165) is 44.9 Å². The molecular formula is C39H77NO9. The van der Waals surface area contributed by atoms with Crippen LogP contribution in [0.4, 0.5) is 0 Å². The molecular weight excluding hydrogens is 626 g/mol. The Bertz CT molecular complexity index is 758. The summed E-state index contributed by atoms with van der Waals surface area (Å²) in [6, 6.07) is -0.885. The molecule has 1 aliphatic rings. The number of unbranched alkanes of at least 4 members (excludes halogenated alkanes) is 22. The lowest BCUT2D eigenvalue weighted by atomic mass is 9.99. The van der Waals surface area contributed by atoms with Gasteiger partial charge in [-0.15, -0.1) is 0 Å². The molecule has 0 spiro atoms. The lowest BCUT2D eigenvalue weighted by Gasteiger charge is -2.40. The van der Waals surface area contributed by atoms with Crippen LogP contribution in [0.5, 0.6) is 0 Å². The molecule has 10 nitrogen and oxygen atoms in total. The molecule has 0 aliphatic carbocycles. The molecule has 1 amide bonds. The molecule has 49 heavy (non-hydrogen) atoms. The van der Waals surface area contributed by atoms with Gasteiger partial charge in [-0.1, -0.05) is 168 Å². The Kier molecular flexibility index (Phi) is 29.0. The van der Waals surface area contributed by atoms with Gasteiger partial charge in [0.2, 0.25) is 5.91 Å². The van der Waals surface area contributed by atoms with Crippen LogP contribution in [-0.2, 0) is 14.3 Å². The van der Waals surface area contributed by atoms with Crippen LogP contribution in [0, 0.1) is 0 Å². The van der Waals surface area contributed by atoms with Crippen molar-refractivity contribution in [1.29, 1.82) is 0 Å². The van der Waals surface area contributed by atoms with Crippen molar-refractivity contribution in [2.24, 2.45) is 0 Å². The van der Waals surface area contributed by atoms with Crippen LogP contribution < -0.4 is 5.32 Å². The molecule has 7 N–H and O–H groups in total. The standard InChI is InChI=1S/C39H77NO9/c1-3-5-7-9-11-13-14-15-16-17-18-20-21-23-25-27-32(42)31(30-48-39-37(46)36(45)35(44)34(29-41)49-39)40-38(47)33(43)28-26-24-22-19-12-10-8-6-4-2/h31-37,39,41-46H,3-30H2,1-2H3,(H,40,47). The second kappa shape index (κ2) is 30.7. The zero-order valence-corrected chi connectivity index (χ0v) is 31.3. The van der Waals surface area contributed by atoms with Crippen molar-refractivity contribution < 1.29 is 44.9 Å². The average molecular weight is 704 g/mol. The van der Waals surface area contributed by atoms with Crippen LogP contribution >= 0.6 is 0 Å². The summed E-state index contributed by atoms with van der Waals surface area (Å²) in [5.74, 6) is -0.586. The van der Waals surface area contributed by atoms with Gasteiger partial charge in [-0.05, 0) is 12.8 Å². The first kappa shape index (κ1) is 46.2. The van der Waals surface area contributed by atoms with Crippen molar-refractivity contribution >= 4 is 5.91 Å². The minimum absolute atomic E-state index is 0.251. The van der Waals surface area contributed by atoms with Gasteiger partial charge in [0, 0.05) is 0 Å². The molecule has 1 heterocycles. The number of amides is 1. The molecule has 8 unspecified atom stereocenters. The molecule has 0 aromatic heterocycles. The van der Waals surface area contributed by atoms with E-state index in [1.54, 1.807) is 0 Å². The third kappa shape index (κ3) is 22.0. The van der Waals surface area contributed by atoms with Gasteiger partial charge in [-0.2, -0.15) is 0 Å². The highest BCUT2D eigenvalue weighted by molar-refractivity contribution is 5.80. The number of rotatable bonds is 33. The van der Waals surface area contributed by atoms with E-state index in [1.807, 2.05) is 0 Å². The Morgan fingerprint density at radius 3 is 1.45 bits per heavy atom. The van der Waals surface area contributed by atoms with Gasteiger partial charge in [-0.3, -0.25) is 4.79 Å². The summed E-state index contributed by atoms with van der Waals surface area (Å²) < 4.78 is 11.1. The second-order valence-electron chi connectivity index (χ2n) is 14.6. The molecule has 1 saturated heterocycles. The van der Waals surface area contributed by atoms with Crippen LogP contribution in [0.15, 0.2) is 0 Å². The van der Waals surface area contributed by atoms with E-state index in [1.165, 1.54) is 109 Å². The highest BCUT2D eigenvalue weighted by Gasteiger charge is 2.44. The maximum atomic E-state index is 12.9. The third-order valence-corrected chi connectivity index (χ3v) is 10.1. The van der Waals surface area contributed by atoms with Crippen molar-refractivity contribution in [3.8, 4) is 0 Å². The van der Waals surface area contributed by atoms with Crippen LogP contribution in [0.25, 0.3) is 0 Å². The van der Waals surface area contributed by atoms with Gasteiger partial charge >= 0.3 is 0 Å². The molecule has 1 aliphatic heterocycles. The van der Waals surface area contributed by atoms with E-state index in [2.05, 4.69) is 19.2 Å². The summed E-state index contributed by atoms with van der Waals surface area (Å²) >= 11 is 0. The summed E-state index contributed by atoms with van der Waals surface area (Å²) in [7, 11) is 0. The van der Waals surface area contributed by atoms with Gasteiger partial charge in [0.05, 0.1) is 25.4 Å². The van der Waals surface area contributed by atoms with E-state index in [4.69, 9.17) is 9.47 Å². The topological polar surface area (TPSA) is 169 Å². The summed E-state index contributed by atoms with van der Waals surface area (Å²) in [5.41, 5.74) is 0. The van der Waals surface area contributed by atoms with Crippen LogP contribution in [0.2, 0.25) is 0 Å². The van der Waals surface area contributed by atoms with E-state index < -0.39 is 61.5 Å². The Balaban J connectivity index is 2.45. The summed E-state index contributed by atoms with van der Waals surface area (Å²) in [5, 5.41) is 64.4. The molecule has 0 aromatic carbocycles. The zero-order valence-electron chi connectivity index (χ0n) is 31.3. The van der Waals surface area contributed by atoms with Gasteiger partial charge in [0.25, 0.3) is 0 Å². The molecule has 8 atom stereocenters. The fourth-order valence-electron chi connectivity index (χ4n) is 6.64. The lowest BCUT2D eigenvalue weighted by Crippen LogP contribution is -2.60. The minimum atomic E-state index is -1.59. The Labute approximate surface area is 298 Å². The molecule has 0 aromatic rings. The van der Waals surface area contributed by atoms with E-state index in [9.17, 15) is 35.4 Å². The Morgan fingerprint density at radius 2 is 1.02 bits per heavy atom. The van der Waals surface area contributed by atoms with Gasteiger partial charge in [0.15, 0.2) is 6.29 Å². The minimum Gasteiger partial charge on any atom is -0.394 e. The molecule has 0 radical (unpaired) electrons. The van der Waals surface area contributed by atoms with Crippen LogP contribution in [0.3, 0.4) is 0 Å². The van der Waals surface area contributed by atoms with Crippen molar-refractivity contribution in [3.63, 3.8) is 0 Å². The highest BCUT2D eigenvalue weighted by Crippen LogP contribution is 2.23. The van der Waals surface area contributed by atoms with Crippen molar-refractivity contribution in [3.05, 3.63) is 0 Å². The van der Waals surface area contributed by atoms with Crippen LogP contribution in [0.1, 0.15) is 181 Å². The molecule has 1 rings (SSSR count). The molecule has 0 bridgehead atoms. The Morgan fingerprint density at radius 1 is 0.612 bits per heavy atom. The van der Waals surface area contributed by atoms with Crippen LogP contribution in [-0.4, -0.2) is 98.7 Å². The number of carbonyl (C=O) groups excluding carboxylic acids is 1. The monoisotopic (exact) mass is 704 g/mol. The van der Waals surface area contributed by atoms with Gasteiger partial charge in [-0.25, -0.2) is 0 Å². The van der Waals surface area contributed by atoms with Crippen molar-refractivity contribution in [1.82, 2.24) is 5.32 Å². The largest absolute Gasteiger partial charge is 0.394 e. The van der Waals surface area contributed by atoms with Gasteiger partial charge in [0.1, 0.15) is 30.5 Å². The first-order chi connectivity index (χ1) is 23.8. The normalized spacial score (nSPS) is 23.0. The maximum Gasteiger partial charge on any atom is 0.249 e. The number of aliphatic hydroxyl groups is 6. The summed E-state index contributed by atoms with van der Waals surface area (Å²) in [6.45, 7) is 3.62. The predicted octanol–water partition coefficient (Wildman–Crippen LogP) is 6.19.